The highest BCUT2D eigenvalue weighted by molar-refractivity contribution is 5.78. The molecule has 0 saturated carbocycles. The van der Waals surface area contributed by atoms with Gasteiger partial charge in [0.15, 0.2) is 0 Å². The number of hydrogen-bond donors (Lipinski definition) is 1. The number of nitrogens with zero attached hydrogens (tertiary/aromatic N) is 2. The van der Waals surface area contributed by atoms with Gasteiger partial charge in [0.1, 0.15) is 0 Å². The first kappa shape index (κ1) is 14.5. The van der Waals surface area contributed by atoms with Gasteiger partial charge in [0.2, 0.25) is 5.91 Å². The van der Waals surface area contributed by atoms with Gasteiger partial charge in [0, 0.05) is 25.7 Å². The topological polar surface area (TPSA) is 35.6 Å². The van der Waals surface area contributed by atoms with Crippen LogP contribution in [0.2, 0.25) is 0 Å². The molecule has 0 radical (unpaired) electrons. The van der Waals surface area contributed by atoms with Gasteiger partial charge in [0.05, 0.1) is 6.54 Å². The van der Waals surface area contributed by atoms with Gasteiger partial charge in [-0.1, -0.05) is 20.8 Å². The Kier molecular flexibility index (Phi) is 5.92. The third-order valence-electron chi connectivity index (χ3n) is 3.48. The molecule has 0 bridgehead atoms. The molecule has 4 nitrogen and oxygen atoms in total. The van der Waals surface area contributed by atoms with Crippen molar-refractivity contribution in [2.75, 3.05) is 33.2 Å². The Balaban J connectivity index is 2.32. The number of likely N-dealkylation sites (N-methyl/N-ethyl adjacent to an activating group) is 2. The third-order valence-corrected chi connectivity index (χ3v) is 3.48. The Labute approximate surface area is 105 Å². The van der Waals surface area contributed by atoms with Crippen LogP contribution in [0.5, 0.6) is 0 Å². The smallest absolute Gasteiger partial charge is 0.236 e. The van der Waals surface area contributed by atoms with E-state index in [1.165, 1.54) is 19.4 Å². The van der Waals surface area contributed by atoms with Crippen LogP contribution < -0.4 is 5.32 Å². The first-order valence-electron chi connectivity index (χ1n) is 6.76. The lowest BCUT2D eigenvalue weighted by Gasteiger charge is -2.28. The van der Waals surface area contributed by atoms with Crippen molar-refractivity contribution in [3.63, 3.8) is 0 Å². The van der Waals surface area contributed by atoms with E-state index in [0.29, 0.717) is 18.6 Å². The lowest BCUT2D eigenvalue weighted by molar-refractivity contribution is -0.129. The number of carbonyl (C=O) groups excluding carboxylic acids is 1. The fourth-order valence-corrected chi connectivity index (χ4v) is 2.36. The number of likely N-dealkylation sites (tertiary alicyclic amines) is 1. The third kappa shape index (κ3) is 4.64. The van der Waals surface area contributed by atoms with Gasteiger partial charge in [-0.15, -0.1) is 0 Å². The van der Waals surface area contributed by atoms with Crippen LogP contribution in [0.15, 0.2) is 0 Å². The summed E-state index contributed by atoms with van der Waals surface area (Å²) in [7, 11) is 1.91. The van der Waals surface area contributed by atoms with Crippen molar-refractivity contribution in [2.24, 2.45) is 0 Å². The molecule has 0 aromatic carbocycles. The quantitative estimate of drug-likeness (QED) is 0.751. The second kappa shape index (κ2) is 6.97. The highest BCUT2D eigenvalue weighted by Crippen LogP contribution is 2.17. The van der Waals surface area contributed by atoms with Gasteiger partial charge in [0.25, 0.3) is 0 Å². The Morgan fingerprint density at radius 2 is 2.24 bits per heavy atom. The van der Waals surface area contributed by atoms with E-state index in [-0.39, 0.29) is 5.91 Å². The molecule has 1 heterocycles. The first-order valence-corrected chi connectivity index (χ1v) is 6.76. The number of nitrogens with one attached hydrogen (secondary N) is 1. The molecule has 0 aromatic heterocycles. The minimum atomic E-state index is 0.196. The molecule has 17 heavy (non-hydrogen) atoms. The highest BCUT2D eigenvalue weighted by atomic mass is 16.2. The fraction of sp³-hybridized carbons (Fsp3) is 0.923. The van der Waals surface area contributed by atoms with Gasteiger partial charge in [-0.25, -0.2) is 0 Å². The molecule has 0 aromatic rings. The van der Waals surface area contributed by atoms with E-state index in [0.717, 1.165) is 13.1 Å². The monoisotopic (exact) mass is 241 g/mol. The zero-order valence-corrected chi connectivity index (χ0v) is 11.7. The SMILES string of the molecule is CCN1CCCC1CN(C)C(=O)CNC(C)C. The molecular formula is C13H27N3O. The summed E-state index contributed by atoms with van der Waals surface area (Å²) in [5, 5.41) is 3.17. The van der Waals surface area contributed by atoms with E-state index in [4.69, 9.17) is 0 Å². The van der Waals surface area contributed by atoms with E-state index >= 15 is 0 Å². The number of hydrogen-bond acceptors (Lipinski definition) is 3. The average molecular weight is 241 g/mol. The van der Waals surface area contributed by atoms with Crippen LogP contribution in [0.3, 0.4) is 0 Å². The molecule has 1 rings (SSSR count). The summed E-state index contributed by atoms with van der Waals surface area (Å²) >= 11 is 0. The summed E-state index contributed by atoms with van der Waals surface area (Å²) in [5.41, 5.74) is 0. The molecule has 1 aliphatic heterocycles. The maximum absolute atomic E-state index is 11.9. The Bertz CT molecular complexity index is 243. The molecule has 1 N–H and O–H groups in total. The minimum absolute atomic E-state index is 0.196. The second-order valence-corrected chi connectivity index (χ2v) is 5.23. The molecule has 0 spiro atoms. The zero-order chi connectivity index (χ0) is 12.8. The van der Waals surface area contributed by atoms with Gasteiger partial charge >= 0.3 is 0 Å². The van der Waals surface area contributed by atoms with Crippen LogP contribution in [0.1, 0.15) is 33.6 Å². The molecule has 1 atom stereocenters. The molecule has 1 saturated heterocycles. The van der Waals surface area contributed by atoms with Gasteiger partial charge in [-0.3, -0.25) is 9.69 Å². The summed E-state index contributed by atoms with van der Waals surface area (Å²) in [6, 6.07) is 0.930. The van der Waals surface area contributed by atoms with E-state index in [1.807, 2.05) is 11.9 Å². The number of amides is 1. The first-order chi connectivity index (χ1) is 8.04. The zero-order valence-electron chi connectivity index (χ0n) is 11.7. The van der Waals surface area contributed by atoms with Gasteiger partial charge < -0.3 is 10.2 Å². The molecule has 1 aliphatic rings. The van der Waals surface area contributed by atoms with Gasteiger partial charge in [-0.2, -0.15) is 0 Å². The van der Waals surface area contributed by atoms with Crippen LogP contribution in [-0.2, 0) is 4.79 Å². The fourth-order valence-electron chi connectivity index (χ4n) is 2.36. The molecule has 4 heteroatoms. The van der Waals surface area contributed by atoms with Crippen LogP contribution in [-0.4, -0.2) is 61.0 Å². The van der Waals surface area contributed by atoms with E-state index in [1.54, 1.807) is 0 Å². The van der Waals surface area contributed by atoms with Crippen molar-refractivity contribution < 1.29 is 4.79 Å². The average Bonchev–Trinajstić information content (AvgIpc) is 2.72. The highest BCUT2D eigenvalue weighted by Gasteiger charge is 2.25. The molecule has 1 amide bonds. The standard InChI is InChI=1S/C13H27N3O/c1-5-16-8-6-7-12(16)10-15(4)13(17)9-14-11(2)3/h11-12,14H,5-10H2,1-4H3. The van der Waals surface area contributed by atoms with E-state index in [9.17, 15) is 4.79 Å². The maximum atomic E-state index is 11.9. The normalized spacial score (nSPS) is 21.1. The summed E-state index contributed by atoms with van der Waals surface area (Å²) in [6.45, 7) is 9.91. The van der Waals surface area contributed by atoms with Crippen LogP contribution >= 0.6 is 0 Å². The van der Waals surface area contributed by atoms with Crippen molar-refractivity contribution in [3.05, 3.63) is 0 Å². The van der Waals surface area contributed by atoms with Crippen molar-refractivity contribution >= 4 is 5.91 Å². The predicted molar refractivity (Wildman–Crippen MR) is 71.0 cm³/mol. The largest absolute Gasteiger partial charge is 0.343 e. The lowest BCUT2D eigenvalue weighted by atomic mass is 10.2. The summed E-state index contributed by atoms with van der Waals surface area (Å²) in [4.78, 5) is 16.2. The Morgan fingerprint density at radius 1 is 1.53 bits per heavy atom. The van der Waals surface area contributed by atoms with Crippen molar-refractivity contribution in [2.45, 2.75) is 45.7 Å². The number of carbonyl (C=O) groups is 1. The van der Waals surface area contributed by atoms with Gasteiger partial charge in [-0.05, 0) is 25.9 Å². The summed E-state index contributed by atoms with van der Waals surface area (Å²) in [5.74, 6) is 0.196. The summed E-state index contributed by atoms with van der Waals surface area (Å²) in [6.07, 6.45) is 2.49. The molecule has 1 fully saturated rings. The van der Waals surface area contributed by atoms with Crippen LogP contribution in [0, 0.1) is 0 Å². The Morgan fingerprint density at radius 3 is 2.82 bits per heavy atom. The number of rotatable bonds is 6. The maximum Gasteiger partial charge on any atom is 0.236 e. The lowest BCUT2D eigenvalue weighted by Crippen LogP contribution is -2.44. The van der Waals surface area contributed by atoms with Crippen molar-refractivity contribution in [1.82, 2.24) is 15.1 Å². The second-order valence-electron chi connectivity index (χ2n) is 5.23. The summed E-state index contributed by atoms with van der Waals surface area (Å²) < 4.78 is 0. The van der Waals surface area contributed by atoms with Crippen LogP contribution in [0.25, 0.3) is 0 Å². The van der Waals surface area contributed by atoms with Crippen LogP contribution in [0.4, 0.5) is 0 Å². The predicted octanol–water partition coefficient (Wildman–Crippen LogP) is 0.927. The van der Waals surface area contributed by atoms with Crippen molar-refractivity contribution in [3.8, 4) is 0 Å². The van der Waals surface area contributed by atoms with E-state index in [2.05, 4.69) is 31.0 Å². The molecule has 0 aliphatic carbocycles. The molecular weight excluding hydrogens is 214 g/mol. The van der Waals surface area contributed by atoms with E-state index < -0.39 is 0 Å². The Hall–Kier alpha value is -0.610. The van der Waals surface area contributed by atoms with Crippen molar-refractivity contribution in [1.29, 1.82) is 0 Å². The minimum Gasteiger partial charge on any atom is -0.343 e. The molecule has 1 unspecified atom stereocenters. The molecule has 100 valence electrons.